The highest BCUT2D eigenvalue weighted by Gasteiger charge is 2.38. The number of carbonyl (C=O) groups is 6. The maximum Gasteiger partial charge on any atom is 0.326 e. The van der Waals surface area contributed by atoms with E-state index < -0.39 is 66.2 Å². The van der Waals surface area contributed by atoms with E-state index in [-0.39, 0.29) is 44.4 Å². The van der Waals surface area contributed by atoms with Gasteiger partial charge in [-0.05, 0) is 49.8 Å². The standard InChI is InChI=1S/C24H33N5O9/c25-15(12-13-3-5-14(30)6-4-13)23(36)29-11-1-2-18(29)22(35)27-16(8-10-20(32)33)21(34)28-17(24(37)38)7-9-19(26)31/h3-6,15-18,30H,1-2,7-12,25H2,(H2,26,31)(H,27,35)(H,28,34)(H,32,33)(H,37,38). The van der Waals surface area contributed by atoms with Crippen molar-refractivity contribution in [3.8, 4) is 5.75 Å². The van der Waals surface area contributed by atoms with Gasteiger partial charge in [0.1, 0.15) is 23.9 Å². The summed E-state index contributed by atoms with van der Waals surface area (Å²) in [5.41, 5.74) is 11.8. The molecule has 14 nitrogen and oxygen atoms in total. The van der Waals surface area contributed by atoms with Crippen LogP contribution in [0.2, 0.25) is 0 Å². The molecule has 1 fully saturated rings. The summed E-state index contributed by atoms with van der Waals surface area (Å²) in [6.07, 6.45) is -0.496. The molecule has 38 heavy (non-hydrogen) atoms. The number of phenols is 1. The molecule has 1 aliphatic heterocycles. The molecule has 0 spiro atoms. The first kappa shape index (κ1) is 30.0. The number of nitrogens with one attached hydrogen (secondary N) is 2. The monoisotopic (exact) mass is 535 g/mol. The number of primary amides is 1. The largest absolute Gasteiger partial charge is 0.508 e. The Bertz CT molecular complexity index is 1050. The minimum absolute atomic E-state index is 0.0639. The minimum Gasteiger partial charge on any atom is -0.508 e. The van der Waals surface area contributed by atoms with Crippen LogP contribution in [0.15, 0.2) is 24.3 Å². The summed E-state index contributed by atoms with van der Waals surface area (Å²) in [5, 5.41) is 32.4. The molecular weight excluding hydrogens is 502 g/mol. The Hall–Kier alpha value is -4.20. The molecule has 1 aliphatic rings. The van der Waals surface area contributed by atoms with Gasteiger partial charge in [-0.2, -0.15) is 0 Å². The summed E-state index contributed by atoms with van der Waals surface area (Å²) in [6.45, 7) is 0.250. The van der Waals surface area contributed by atoms with Crippen LogP contribution in [0.5, 0.6) is 5.75 Å². The Morgan fingerprint density at radius 3 is 2.18 bits per heavy atom. The molecule has 208 valence electrons. The molecule has 0 bridgehead atoms. The van der Waals surface area contributed by atoms with Gasteiger partial charge in [0.15, 0.2) is 0 Å². The lowest BCUT2D eigenvalue weighted by Gasteiger charge is -2.28. The lowest BCUT2D eigenvalue weighted by atomic mass is 10.0. The van der Waals surface area contributed by atoms with Gasteiger partial charge >= 0.3 is 11.9 Å². The molecule has 4 unspecified atom stereocenters. The molecule has 0 radical (unpaired) electrons. The van der Waals surface area contributed by atoms with Crippen LogP contribution in [0.25, 0.3) is 0 Å². The fourth-order valence-corrected chi connectivity index (χ4v) is 4.11. The molecule has 1 aromatic carbocycles. The number of carbonyl (C=O) groups excluding carboxylic acids is 4. The summed E-state index contributed by atoms with van der Waals surface area (Å²) < 4.78 is 0. The third-order valence-corrected chi connectivity index (χ3v) is 6.12. The lowest BCUT2D eigenvalue weighted by Crippen LogP contribution is -2.56. The number of nitrogens with zero attached hydrogens (tertiary/aromatic N) is 1. The quantitative estimate of drug-likeness (QED) is 0.144. The predicted octanol–water partition coefficient (Wildman–Crippen LogP) is -1.56. The van der Waals surface area contributed by atoms with Gasteiger partial charge in [-0.15, -0.1) is 0 Å². The van der Waals surface area contributed by atoms with Gasteiger partial charge in [-0.3, -0.25) is 24.0 Å². The van der Waals surface area contributed by atoms with Crippen molar-refractivity contribution in [3.63, 3.8) is 0 Å². The van der Waals surface area contributed by atoms with Crippen LogP contribution in [0.3, 0.4) is 0 Å². The Morgan fingerprint density at radius 1 is 0.974 bits per heavy atom. The van der Waals surface area contributed by atoms with Gasteiger partial charge in [0.2, 0.25) is 23.6 Å². The lowest BCUT2D eigenvalue weighted by molar-refractivity contribution is -0.144. The molecule has 1 saturated heterocycles. The van der Waals surface area contributed by atoms with Crippen LogP contribution in [0, 0.1) is 0 Å². The molecule has 2 rings (SSSR count). The fourth-order valence-electron chi connectivity index (χ4n) is 4.11. The number of carboxylic acids is 2. The molecular formula is C24H33N5O9. The number of carboxylic acid groups (broad SMARTS) is 2. The van der Waals surface area contributed by atoms with E-state index in [1.807, 2.05) is 0 Å². The van der Waals surface area contributed by atoms with E-state index in [9.17, 15) is 39.0 Å². The van der Waals surface area contributed by atoms with E-state index in [0.29, 0.717) is 12.0 Å². The molecule has 0 aliphatic carbocycles. The zero-order valence-corrected chi connectivity index (χ0v) is 20.7. The molecule has 4 amide bonds. The zero-order valence-electron chi connectivity index (χ0n) is 20.7. The van der Waals surface area contributed by atoms with E-state index in [1.165, 1.54) is 17.0 Å². The van der Waals surface area contributed by atoms with Gasteiger partial charge in [-0.1, -0.05) is 12.1 Å². The highest BCUT2D eigenvalue weighted by atomic mass is 16.4. The summed E-state index contributed by atoms with van der Waals surface area (Å²) >= 11 is 0. The Balaban J connectivity index is 2.09. The van der Waals surface area contributed by atoms with Crippen LogP contribution < -0.4 is 22.1 Å². The topological polar surface area (TPSA) is 242 Å². The van der Waals surface area contributed by atoms with Crippen LogP contribution in [0.1, 0.15) is 44.1 Å². The maximum atomic E-state index is 13.1. The summed E-state index contributed by atoms with van der Waals surface area (Å²) in [6, 6.07) is 1.35. The van der Waals surface area contributed by atoms with Crippen LogP contribution in [-0.4, -0.2) is 86.5 Å². The third kappa shape index (κ3) is 9.03. The number of aliphatic carboxylic acids is 2. The van der Waals surface area contributed by atoms with Crippen molar-refractivity contribution >= 4 is 35.6 Å². The van der Waals surface area contributed by atoms with Crippen molar-refractivity contribution in [2.24, 2.45) is 11.5 Å². The van der Waals surface area contributed by atoms with E-state index in [0.717, 1.165) is 0 Å². The SMILES string of the molecule is NC(=O)CCC(NC(=O)C(CCC(=O)O)NC(=O)C1CCCN1C(=O)C(N)Cc1ccc(O)cc1)C(=O)O. The van der Waals surface area contributed by atoms with Crippen molar-refractivity contribution in [1.82, 2.24) is 15.5 Å². The second-order valence-electron chi connectivity index (χ2n) is 9.06. The second kappa shape index (κ2) is 13.9. The van der Waals surface area contributed by atoms with Crippen molar-refractivity contribution in [1.29, 1.82) is 0 Å². The number of amides is 4. The van der Waals surface area contributed by atoms with Crippen LogP contribution in [-0.2, 0) is 35.2 Å². The number of aromatic hydroxyl groups is 1. The first-order valence-electron chi connectivity index (χ1n) is 12.1. The smallest absolute Gasteiger partial charge is 0.326 e. The third-order valence-electron chi connectivity index (χ3n) is 6.12. The molecule has 0 aromatic heterocycles. The van der Waals surface area contributed by atoms with E-state index >= 15 is 0 Å². The highest BCUT2D eigenvalue weighted by Crippen LogP contribution is 2.20. The molecule has 1 aromatic rings. The second-order valence-corrected chi connectivity index (χ2v) is 9.06. The van der Waals surface area contributed by atoms with E-state index in [1.54, 1.807) is 12.1 Å². The zero-order chi connectivity index (χ0) is 28.4. The summed E-state index contributed by atoms with van der Waals surface area (Å²) in [7, 11) is 0. The maximum absolute atomic E-state index is 13.1. The van der Waals surface area contributed by atoms with Gasteiger partial charge in [0, 0.05) is 19.4 Å². The summed E-state index contributed by atoms with van der Waals surface area (Å²) in [4.78, 5) is 73.8. The highest BCUT2D eigenvalue weighted by molar-refractivity contribution is 5.94. The van der Waals surface area contributed by atoms with Gasteiger partial charge in [0.25, 0.3) is 0 Å². The number of benzene rings is 1. The number of hydrogen-bond acceptors (Lipinski definition) is 8. The number of rotatable bonds is 14. The fraction of sp³-hybridized carbons (Fsp3) is 0.500. The van der Waals surface area contributed by atoms with Crippen molar-refractivity contribution in [2.75, 3.05) is 6.54 Å². The van der Waals surface area contributed by atoms with Crippen molar-refractivity contribution in [3.05, 3.63) is 29.8 Å². The van der Waals surface area contributed by atoms with Crippen LogP contribution >= 0.6 is 0 Å². The van der Waals surface area contributed by atoms with Crippen LogP contribution in [0.4, 0.5) is 0 Å². The average molecular weight is 536 g/mol. The van der Waals surface area contributed by atoms with Gasteiger partial charge < -0.3 is 42.3 Å². The molecule has 9 N–H and O–H groups in total. The molecule has 14 heteroatoms. The Kier molecular flexibility index (Phi) is 11.0. The first-order chi connectivity index (χ1) is 17.9. The molecule has 1 heterocycles. The Morgan fingerprint density at radius 2 is 1.61 bits per heavy atom. The van der Waals surface area contributed by atoms with Gasteiger partial charge in [0.05, 0.1) is 6.04 Å². The van der Waals surface area contributed by atoms with E-state index in [4.69, 9.17) is 16.6 Å². The van der Waals surface area contributed by atoms with Crippen molar-refractivity contribution < 1.29 is 44.1 Å². The minimum atomic E-state index is -1.48. The first-order valence-corrected chi connectivity index (χ1v) is 12.1. The van der Waals surface area contributed by atoms with Crippen molar-refractivity contribution in [2.45, 2.75) is 69.1 Å². The molecule has 4 atom stereocenters. The number of phenolic OH excluding ortho intramolecular Hbond substituents is 1. The summed E-state index contributed by atoms with van der Waals surface area (Å²) in [5.74, 6) is -5.51. The number of nitrogens with two attached hydrogens (primary N) is 2. The number of likely N-dealkylation sites (tertiary alicyclic amines) is 1. The number of hydrogen-bond donors (Lipinski definition) is 7. The Labute approximate surface area is 218 Å². The average Bonchev–Trinajstić information content (AvgIpc) is 3.34. The van der Waals surface area contributed by atoms with E-state index in [2.05, 4.69) is 10.6 Å². The molecule has 0 saturated carbocycles. The predicted molar refractivity (Wildman–Crippen MR) is 131 cm³/mol. The normalized spacial score (nSPS) is 17.2. The van der Waals surface area contributed by atoms with Gasteiger partial charge in [-0.25, -0.2) is 4.79 Å².